The van der Waals surface area contributed by atoms with Crippen LogP contribution in [-0.4, -0.2) is 34.1 Å². The summed E-state index contributed by atoms with van der Waals surface area (Å²) in [6, 6.07) is 2.54. The van der Waals surface area contributed by atoms with Gasteiger partial charge in [-0.25, -0.2) is 0 Å². The third kappa shape index (κ3) is 7.82. The van der Waals surface area contributed by atoms with Gasteiger partial charge in [-0.2, -0.15) is 12.6 Å². The van der Waals surface area contributed by atoms with E-state index in [0.29, 0.717) is 25.5 Å². The number of aldehydes is 1. The SMILES string of the molecule is CCCCCCCC(=O)CCc1cc(O)c(O)c(N[C@H](C=O)CS)c1. The van der Waals surface area contributed by atoms with Crippen molar-refractivity contribution >= 4 is 30.4 Å². The molecule has 3 N–H and O–H groups in total. The summed E-state index contributed by atoms with van der Waals surface area (Å²) in [5, 5.41) is 22.6. The van der Waals surface area contributed by atoms with Crippen molar-refractivity contribution in [3.05, 3.63) is 17.7 Å². The number of aryl methyl sites for hydroxylation is 1. The fraction of sp³-hybridized carbons (Fsp3) is 0.579. The number of carbonyl (C=O) groups excluding carboxylic acids is 2. The van der Waals surface area contributed by atoms with Gasteiger partial charge in [0.25, 0.3) is 0 Å². The van der Waals surface area contributed by atoms with Crippen LogP contribution in [-0.2, 0) is 16.0 Å². The third-order valence-electron chi connectivity index (χ3n) is 4.10. The first-order valence-corrected chi connectivity index (χ1v) is 9.54. The fourth-order valence-electron chi connectivity index (χ4n) is 2.59. The van der Waals surface area contributed by atoms with Crippen LogP contribution in [0, 0.1) is 0 Å². The molecule has 140 valence electrons. The van der Waals surface area contributed by atoms with Gasteiger partial charge in [-0.3, -0.25) is 4.79 Å². The van der Waals surface area contributed by atoms with Crippen molar-refractivity contribution < 1.29 is 19.8 Å². The van der Waals surface area contributed by atoms with Crippen molar-refractivity contribution in [2.75, 3.05) is 11.1 Å². The zero-order valence-corrected chi connectivity index (χ0v) is 15.7. The Bertz CT molecular complexity index is 563. The fourth-order valence-corrected chi connectivity index (χ4v) is 2.77. The minimum atomic E-state index is -0.561. The van der Waals surface area contributed by atoms with Crippen molar-refractivity contribution in [2.45, 2.75) is 64.3 Å². The number of unbranched alkanes of at least 4 members (excludes halogenated alkanes) is 4. The lowest BCUT2D eigenvalue weighted by Gasteiger charge is -2.15. The summed E-state index contributed by atoms with van der Waals surface area (Å²) in [6.45, 7) is 2.16. The van der Waals surface area contributed by atoms with E-state index in [4.69, 9.17) is 0 Å². The highest BCUT2D eigenvalue weighted by molar-refractivity contribution is 7.80. The molecule has 5 nitrogen and oxygen atoms in total. The molecule has 1 rings (SSSR count). The predicted octanol–water partition coefficient (Wildman–Crippen LogP) is 3.87. The van der Waals surface area contributed by atoms with E-state index in [-0.39, 0.29) is 28.7 Å². The molecule has 0 bridgehead atoms. The number of ketones is 1. The summed E-state index contributed by atoms with van der Waals surface area (Å²) in [5.41, 5.74) is 1.01. The normalized spacial score (nSPS) is 11.9. The molecule has 0 saturated heterocycles. The number of hydrogen-bond acceptors (Lipinski definition) is 6. The largest absolute Gasteiger partial charge is 0.504 e. The molecule has 0 saturated carbocycles. The first-order valence-electron chi connectivity index (χ1n) is 8.91. The van der Waals surface area contributed by atoms with E-state index in [1.807, 2.05) is 0 Å². The van der Waals surface area contributed by atoms with Crippen LogP contribution in [0.5, 0.6) is 11.5 Å². The molecule has 0 unspecified atom stereocenters. The molecule has 0 radical (unpaired) electrons. The quantitative estimate of drug-likeness (QED) is 0.184. The molecule has 6 heteroatoms. The van der Waals surface area contributed by atoms with Gasteiger partial charge in [0.15, 0.2) is 11.5 Å². The minimum Gasteiger partial charge on any atom is -0.504 e. The van der Waals surface area contributed by atoms with Crippen LogP contribution in [0.4, 0.5) is 5.69 Å². The van der Waals surface area contributed by atoms with Crippen molar-refractivity contribution in [2.24, 2.45) is 0 Å². The number of benzene rings is 1. The number of hydrogen-bond donors (Lipinski definition) is 4. The molecule has 0 spiro atoms. The summed E-state index contributed by atoms with van der Waals surface area (Å²) < 4.78 is 0. The van der Waals surface area contributed by atoms with E-state index in [1.54, 1.807) is 6.07 Å². The van der Waals surface area contributed by atoms with Gasteiger partial charge in [-0.15, -0.1) is 0 Å². The maximum atomic E-state index is 12.0. The number of anilines is 1. The van der Waals surface area contributed by atoms with Gasteiger partial charge < -0.3 is 20.3 Å². The highest BCUT2D eigenvalue weighted by atomic mass is 32.1. The molecular weight excluding hydrogens is 338 g/mol. The Morgan fingerprint density at radius 3 is 2.56 bits per heavy atom. The Kier molecular flexibility index (Phi) is 10.1. The van der Waals surface area contributed by atoms with Crippen LogP contribution in [0.1, 0.15) is 57.4 Å². The average Bonchev–Trinajstić information content (AvgIpc) is 2.61. The number of nitrogens with one attached hydrogen (secondary N) is 1. The maximum absolute atomic E-state index is 12.0. The summed E-state index contributed by atoms with van der Waals surface area (Å²) in [5.74, 6) is -0.0973. The van der Waals surface area contributed by atoms with Crippen molar-refractivity contribution in [1.29, 1.82) is 0 Å². The zero-order chi connectivity index (χ0) is 18.7. The van der Waals surface area contributed by atoms with Crippen molar-refractivity contribution in [1.82, 2.24) is 0 Å². The first kappa shape index (κ1) is 21.4. The summed E-state index contributed by atoms with van der Waals surface area (Å²) >= 11 is 4.05. The predicted molar refractivity (Wildman–Crippen MR) is 104 cm³/mol. The summed E-state index contributed by atoms with van der Waals surface area (Å²) in [7, 11) is 0. The average molecular weight is 368 g/mol. The van der Waals surface area contributed by atoms with Crippen molar-refractivity contribution in [3.8, 4) is 11.5 Å². The number of carbonyl (C=O) groups is 2. The summed E-state index contributed by atoms with van der Waals surface area (Å²) in [4.78, 5) is 22.9. The van der Waals surface area contributed by atoms with E-state index < -0.39 is 6.04 Å². The molecule has 0 heterocycles. The molecule has 0 fully saturated rings. The summed E-state index contributed by atoms with van der Waals surface area (Å²) in [6.07, 6.45) is 7.76. The van der Waals surface area contributed by atoms with Gasteiger partial charge >= 0.3 is 0 Å². The van der Waals surface area contributed by atoms with Gasteiger partial charge in [0.2, 0.25) is 0 Å². The van der Waals surface area contributed by atoms with Gasteiger partial charge in [-0.05, 0) is 30.5 Å². The Hall–Kier alpha value is -1.69. The molecule has 1 atom stereocenters. The highest BCUT2D eigenvalue weighted by Crippen LogP contribution is 2.35. The number of aromatic hydroxyl groups is 2. The van der Waals surface area contributed by atoms with Crippen LogP contribution in [0.15, 0.2) is 12.1 Å². The third-order valence-corrected chi connectivity index (χ3v) is 4.50. The highest BCUT2D eigenvalue weighted by Gasteiger charge is 2.13. The van der Waals surface area contributed by atoms with Gasteiger partial charge in [-0.1, -0.05) is 32.6 Å². The Balaban J connectivity index is 2.56. The molecule has 25 heavy (non-hydrogen) atoms. The lowest BCUT2D eigenvalue weighted by atomic mass is 10.0. The number of thiol groups is 1. The Morgan fingerprint density at radius 1 is 1.20 bits per heavy atom. The standard InChI is InChI=1S/C19H29NO4S/c1-2-3-4-5-6-7-16(22)9-8-14-10-17(19(24)18(23)11-14)20-15(12-21)13-25/h10-12,15,20,23-25H,2-9,13H2,1H3/t15-/m1/s1. The van der Waals surface area contributed by atoms with E-state index in [9.17, 15) is 19.8 Å². The molecule has 1 aromatic carbocycles. The molecule has 0 amide bonds. The molecule has 0 aromatic heterocycles. The lowest BCUT2D eigenvalue weighted by molar-refractivity contribution is -0.119. The van der Waals surface area contributed by atoms with Crippen LogP contribution in [0.3, 0.4) is 0 Å². The number of rotatable bonds is 13. The number of phenolic OH excluding ortho intramolecular Hbond substituents is 2. The minimum absolute atomic E-state index is 0.208. The van der Waals surface area contributed by atoms with E-state index in [2.05, 4.69) is 24.9 Å². The van der Waals surface area contributed by atoms with E-state index in [1.165, 1.54) is 25.3 Å². The molecule has 0 aliphatic rings. The smallest absolute Gasteiger partial charge is 0.181 e. The second-order valence-corrected chi connectivity index (χ2v) is 6.65. The van der Waals surface area contributed by atoms with Gasteiger partial charge in [0.05, 0.1) is 11.7 Å². The van der Waals surface area contributed by atoms with Crippen LogP contribution < -0.4 is 5.32 Å². The monoisotopic (exact) mass is 367 g/mol. The molecule has 0 aliphatic carbocycles. The van der Waals surface area contributed by atoms with Crippen LogP contribution in [0.25, 0.3) is 0 Å². The lowest BCUT2D eigenvalue weighted by Crippen LogP contribution is -2.22. The maximum Gasteiger partial charge on any atom is 0.181 e. The molecule has 0 aliphatic heterocycles. The molecule has 1 aromatic rings. The Labute approximate surface area is 155 Å². The molecular formula is C19H29NO4S. The second kappa shape index (κ2) is 11.8. The van der Waals surface area contributed by atoms with Crippen LogP contribution in [0.2, 0.25) is 0 Å². The van der Waals surface area contributed by atoms with E-state index in [0.717, 1.165) is 18.4 Å². The van der Waals surface area contributed by atoms with Crippen LogP contribution >= 0.6 is 12.6 Å². The Morgan fingerprint density at radius 2 is 1.92 bits per heavy atom. The number of Topliss-reactive ketones (excluding diaryl/α,β-unsaturated/α-hetero) is 1. The van der Waals surface area contributed by atoms with Crippen molar-refractivity contribution in [3.63, 3.8) is 0 Å². The number of phenols is 2. The van der Waals surface area contributed by atoms with Gasteiger partial charge in [0, 0.05) is 18.6 Å². The zero-order valence-electron chi connectivity index (χ0n) is 14.8. The van der Waals surface area contributed by atoms with Gasteiger partial charge in [0.1, 0.15) is 12.1 Å². The topological polar surface area (TPSA) is 86.6 Å². The van der Waals surface area contributed by atoms with E-state index >= 15 is 0 Å². The first-order chi connectivity index (χ1) is 12.0. The second-order valence-electron chi connectivity index (χ2n) is 6.28.